The number of carbonyl (C=O) groups is 1. The Hall–Kier alpha value is -0.693. The maximum absolute atomic E-state index is 11.5. The van der Waals surface area contributed by atoms with Crippen LogP contribution in [-0.4, -0.2) is 43.2 Å². The Morgan fingerprint density at radius 1 is 1.12 bits per heavy atom. The van der Waals surface area contributed by atoms with Gasteiger partial charge in [-0.15, -0.1) is 0 Å². The van der Waals surface area contributed by atoms with Crippen molar-refractivity contribution in [2.24, 2.45) is 0 Å². The molecule has 0 heterocycles. The average molecular weight is 248 g/mol. The molecule has 0 aliphatic carbocycles. The number of rotatable bonds is 7. The van der Waals surface area contributed by atoms with Crippen LogP contribution in [0, 0.1) is 0 Å². The van der Waals surface area contributed by atoms with Crippen LogP contribution in [0.1, 0.15) is 19.8 Å². The van der Waals surface area contributed by atoms with Gasteiger partial charge in [0.05, 0.1) is 7.11 Å². The van der Waals surface area contributed by atoms with Gasteiger partial charge in [0.1, 0.15) is 0 Å². The molecule has 0 aromatic carbocycles. The lowest BCUT2D eigenvalue weighted by molar-refractivity contribution is -0.136. The summed E-state index contributed by atoms with van der Waals surface area (Å²) >= 11 is 0. The second kappa shape index (κ2) is 7.56. The minimum absolute atomic E-state index is 0.370. The molecule has 0 saturated heterocycles. The lowest BCUT2D eigenvalue weighted by Gasteiger charge is -2.21. The fourth-order valence-corrected chi connectivity index (χ4v) is 2.82. The second-order valence-electron chi connectivity index (χ2n) is 3.13. The topological polar surface area (TPSA) is 54.0 Å². The minimum Gasteiger partial charge on any atom is -0.466 e. The van der Waals surface area contributed by atoms with Gasteiger partial charge in [-0.2, -0.15) is 0 Å². The van der Waals surface area contributed by atoms with Gasteiger partial charge in [0.2, 0.25) is 0 Å². The van der Waals surface area contributed by atoms with Crippen LogP contribution in [0.5, 0.6) is 0 Å². The van der Waals surface area contributed by atoms with Gasteiger partial charge in [-0.25, -0.2) is 4.79 Å². The van der Waals surface area contributed by atoms with Crippen LogP contribution in [0.25, 0.3) is 0 Å². The molecule has 0 N–H and O–H groups in total. The summed E-state index contributed by atoms with van der Waals surface area (Å²) in [6.45, 7) is 1.98. The van der Waals surface area contributed by atoms with Gasteiger partial charge in [0, 0.05) is 26.9 Å². The summed E-state index contributed by atoms with van der Waals surface area (Å²) in [6.07, 6.45) is 1.44. The highest BCUT2D eigenvalue weighted by atomic mass is 28.4. The van der Waals surface area contributed by atoms with E-state index in [1.54, 1.807) is 5.70 Å². The lowest BCUT2D eigenvalue weighted by Crippen LogP contribution is -2.41. The van der Waals surface area contributed by atoms with Crippen molar-refractivity contribution in [3.63, 3.8) is 0 Å². The first-order chi connectivity index (χ1) is 7.59. The Kier molecular flexibility index (Phi) is 7.23. The number of ether oxygens (including phenoxy) is 1. The smallest absolute Gasteiger partial charge is 0.466 e. The van der Waals surface area contributed by atoms with Gasteiger partial charge in [0.25, 0.3) is 0 Å². The maximum Gasteiger partial charge on any atom is 0.529 e. The summed E-state index contributed by atoms with van der Waals surface area (Å²) in [4.78, 5) is 11.5. The van der Waals surface area contributed by atoms with E-state index in [4.69, 9.17) is 18.0 Å². The molecule has 0 rings (SSSR count). The summed E-state index contributed by atoms with van der Waals surface area (Å²) in [7, 11) is 2.98. The molecule has 6 heteroatoms. The third-order valence-electron chi connectivity index (χ3n) is 2.17. The molecular weight excluding hydrogens is 228 g/mol. The SMILES string of the molecule is CCCC(=C[Si](OC)(OC)OC)C(=O)OC. The third kappa shape index (κ3) is 4.05. The van der Waals surface area contributed by atoms with Crippen molar-refractivity contribution in [2.45, 2.75) is 19.8 Å². The van der Waals surface area contributed by atoms with Crippen LogP contribution in [0.2, 0.25) is 0 Å². The molecule has 0 aliphatic heterocycles. The van der Waals surface area contributed by atoms with Crippen LogP contribution in [0.3, 0.4) is 0 Å². The van der Waals surface area contributed by atoms with Gasteiger partial charge in [-0.1, -0.05) is 13.3 Å². The minimum atomic E-state index is -2.86. The highest BCUT2D eigenvalue weighted by Crippen LogP contribution is 2.15. The van der Waals surface area contributed by atoms with Crippen molar-refractivity contribution in [2.75, 3.05) is 28.4 Å². The van der Waals surface area contributed by atoms with E-state index in [1.807, 2.05) is 6.92 Å². The molecule has 0 bridgehead atoms. The van der Waals surface area contributed by atoms with Gasteiger partial charge in [0.15, 0.2) is 0 Å². The average Bonchev–Trinajstić information content (AvgIpc) is 2.34. The molecule has 0 saturated carbocycles. The molecule has 0 aromatic rings. The fourth-order valence-electron chi connectivity index (χ4n) is 1.27. The summed E-state index contributed by atoms with van der Waals surface area (Å²) in [5.41, 5.74) is 2.16. The fraction of sp³-hybridized carbons (Fsp3) is 0.700. The monoisotopic (exact) mass is 248 g/mol. The number of esters is 1. The highest BCUT2D eigenvalue weighted by molar-refractivity contribution is 6.66. The molecule has 0 amide bonds. The first-order valence-electron chi connectivity index (χ1n) is 5.04. The molecule has 0 aliphatic rings. The van der Waals surface area contributed by atoms with Crippen molar-refractivity contribution < 1.29 is 22.8 Å². The zero-order chi connectivity index (χ0) is 12.6. The van der Waals surface area contributed by atoms with Crippen LogP contribution in [0.4, 0.5) is 0 Å². The van der Waals surface area contributed by atoms with Crippen LogP contribution in [-0.2, 0) is 22.8 Å². The van der Waals surface area contributed by atoms with Gasteiger partial charge >= 0.3 is 14.8 Å². The Labute approximate surface area is 97.7 Å². The van der Waals surface area contributed by atoms with Crippen LogP contribution >= 0.6 is 0 Å². The number of hydrogen-bond acceptors (Lipinski definition) is 5. The van der Waals surface area contributed by atoms with E-state index >= 15 is 0 Å². The Balaban J connectivity index is 5.06. The van der Waals surface area contributed by atoms with Crippen molar-refractivity contribution >= 4 is 14.8 Å². The Morgan fingerprint density at radius 2 is 1.62 bits per heavy atom. The third-order valence-corrected chi connectivity index (χ3v) is 4.58. The van der Waals surface area contributed by atoms with Crippen LogP contribution < -0.4 is 0 Å². The van der Waals surface area contributed by atoms with E-state index in [0.717, 1.165) is 6.42 Å². The second-order valence-corrected chi connectivity index (χ2v) is 5.85. The van der Waals surface area contributed by atoms with Gasteiger partial charge in [-0.05, 0) is 12.1 Å². The van der Waals surface area contributed by atoms with E-state index in [1.165, 1.54) is 28.4 Å². The molecule has 5 nitrogen and oxygen atoms in total. The van der Waals surface area contributed by atoms with E-state index in [2.05, 4.69) is 0 Å². The molecule has 0 fully saturated rings. The molecule has 0 radical (unpaired) electrons. The molecule has 0 spiro atoms. The largest absolute Gasteiger partial charge is 0.529 e. The molecule has 0 aromatic heterocycles. The van der Waals surface area contributed by atoms with Crippen LogP contribution in [0.15, 0.2) is 11.3 Å². The first kappa shape index (κ1) is 15.3. The standard InChI is InChI=1S/C10H20O5Si/c1-6-7-9(10(11)12-2)8-16(13-3,14-4)15-5/h8H,6-7H2,1-5H3. The number of carbonyl (C=O) groups excluding carboxylic acids is 1. The zero-order valence-corrected chi connectivity index (χ0v) is 11.5. The van der Waals surface area contributed by atoms with Gasteiger partial charge in [-0.3, -0.25) is 0 Å². The molecule has 0 atom stereocenters. The Bertz CT molecular complexity index is 239. The predicted octanol–water partition coefficient (Wildman–Crippen LogP) is 1.30. The Morgan fingerprint density at radius 3 is 1.94 bits per heavy atom. The van der Waals surface area contributed by atoms with E-state index < -0.39 is 8.80 Å². The van der Waals surface area contributed by atoms with E-state index in [9.17, 15) is 4.79 Å². The quantitative estimate of drug-likeness (QED) is 0.386. The summed E-state index contributed by atoms with van der Waals surface area (Å²) in [5, 5.41) is 0. The normalized spacial score (nSPS) is 12.7. The lowest BCUT2D eigenvalue weighted by atomic mass is 10.2. The molecule has 0 unspecified atom stereocenters. The van der Waals surface area contributed by atoms with Crippen molar-refractivity contribution in [1.82, 2.24) is 0 Å². The van der Waals surface area contributed by atoms with Crippen molar-refractivity contribution in [3.8, 4) is 0 Å². The van der Waals surface area contributed by atoms with Crippen molar-refractivity contribution in [1.29, 1.82) is 0 Å². The number of methoxy groups -OCH3 is 1. The van der Waals surface area contributed by atoms with Gasteiger partial charge < -0.3 is 18.0 Å². The summed E-state index contributed by atoms with van der Waals surface area (Å²) in [6, 6.07) is 0. The van der Waals surface area contributed by atoms with E-state index in [0.29, 0.717) is 12.0 Å². The van der Waals surface area contributed by atoms with Crippen molar-refractivity contribution in [3.05, 3.63) is 11.3 Å². The first-order valence-corrected chi connectivity index (χ1v) is 6.84. The van der Waals surface area contributed by atoms with E-state index in [-0.39, 0.29) is 5.97 Å². The highest BCUT2D eigenvalue weighted by Gasteiger charge is 2.36. The zero-order valence-electron chi connectivity index (χ0n) is 10.5. The predicted molar refractivity (Wildman–Crippen MR) is 61.8 cm³/mol. The number of hydrogen-bond donors (Lipinski definition) is 0. The molecular formula is C10H20O5Si. The summed E-state index contributed by atoms with van der Waals surface area (Å²) < 4.78 is 20.3. The molecule has 16 heavy (non-hydrogen) atoms. The maximum atomic E-state index is 11.5. The molecule has 94 valence electrons. The summed E-state index contributed by atoms with van der Waals surface area (Å²) in [5.74, 6) is -0.370.